The van der Waals surface area contributed by atoms with Gasteiger partial charge in [0.25, 0.3) is 11.5 Å². The summed E-state index contributed by atoms with van der Waals surface area (Å²) in [4.78, 5) is 24.9. The van der Waals surface area contributed by atoms with Crippen LogP contribution in [-0.4, -0.2) is 16.1 Å². The van der Waals surface area contributed by atoms with Crippen LogP contribution in [-0.2, 0) is 6.54 Å². The van der Waals surface area contributed by atoms with Crippen LogP contribution in [0.4, 0.5) is 0 Å². The molecule has 5 nitrogen and oxygen atoms in total. The lowest BCUT2D eigenvalue weighted by Gasteiger charge is -2.01. The van der Waals surface area contributed by atoms with Crippen molar-refractivity contribution in [2.75, 3.05) is 0 Å². The Morgan fingerprint density at radius 2 is 2.22 bits per heavy atom. The first-order chi connectivity index (χ1) is 8.56. The highest BCUT2D eigenvalue weighted by molar-refractivity contribution is 7.12. The molecule has 2 N–H and O–H groups in total. The lowest BCUT2D eigenvalue weighted by atomic mass is 10.3. The van der Waals surface area contributed by atoms with E-state index in [-0.39, 0.29) is 17.2 Å². The molecule has 2 rings (SSSR count). The monoisotopic (exact) mass is 263 g/mol. The average Bonchev–Trinajstić information content (AvgIpc) is 2.67. The number of hydrogen-bond donors (Lipinski definition) is 2. The number of rotatable bonds is 3. The van der Waals surface area contributed by atoms with Gasteiger partial charge in [0, 0.05) is 15.8 Å². The predicted molar refractivity (Wildman–Crippen MR) is 69.8 cm³/mol. The highest BCUT2D eigenvalue weighted by Gasteiger charge is 2.08. The Morgan fingerprint density at radius 3 is 2.78 bits per heavy atom. The molecule has 0 radical (unpaired) electrons. The fourth-order valence-electron chi connectivity index (χ4n) is 1.47. The topological polar surface area (TPSA) is 74.8 Å². The minimum Gasteiger partial charge on any atom is -0.346 e. The average molecular weight is 263 g/mol. The van der Waals surface area contributed by atoms with Crippen LogP contribution in [0.2, 0.25) is 0 Å². The Kier molecular flexibility index (Phi) is 3.57. The fraction of sp³-hybridized carbons (Fsp3) is 0.250. The van der Waals surface area contributed by atoms with E-state index in [4.69, 9.17) is 0 Å². The summed E-state index contributed by atoms with van der Waals surface area (Å²) in [5, 5.41) is 8.66. The summed E-state index contributed by atoms with van der Waals surface area (Å²) in [5.41, 5.74) is 1.11. The van der Waals surface area contributed by atoms with Gasteiger partial charge in [0.05, 0.1) is 6.54 Å². The summed E-state index contributed by atoms with van der Waals surface area (Å²) in [5.74, 6) is -0.296. The van der Waals surface area contributed by atoms with Gasteiger partial charge in [0.2, 0.25) is 0 Å². The van der Waals surface area contributed by atoms with Crippen molar-refractivity contribution in [3.63, 3.8) is 0 Å². The van der Waals surface area contributed by atoms with E-state index in [1.165, 1.54) is 22.6 Å². The number of H-pyrrole nitrogens is 1. The van der Waals surface area contributed by atoms with Crippen molar-refractivity contribution >= 4 is 17.2 Å². The summed E-state index contributed by atoms with van der Waals surface area (Å²) in [7, 11) is 0. The predicted octanol–water partition coefficient (Wildman–Crippen LogP) is 1.38. The van der Waals surface area contributed by atoms with Gasteiger partial charge in [-0.2, -0.15) is 5.10 Å². The van der Waals surface area contributed by atoms with Crippen LogP contribution >= 0.6 is 11.3 Å². The molecule has 0 aliphatic carbocycles. The zero-order valence-electron chi connectivity index (χ0n) is 10.1. The second-order valence-corrected chi connectivity index (χ2v) is 5.28. The summed E-state index contributed by atoms with van der Waals surface area (Å²) in [6.45, 7) is 4.56. The Hall–Kier alpha value is -1.95. The Bertz CT molecular complexity index is 590. The molecule has 2 heterocycles. The Labute approximate surface area is 108 Å². The van der Waals surface area contributed by atoms with E-state index >= 15 is 0 Å². The molecule has 1 amide bonds. The summed E-state index contributed by atoms with van der Waals surface area (Å²) in [6, 6.07) is 4.74. The SMILES string of the molecule is Cc1cc(CNC(=O)c2ccc(=O)[nH]n2)sc1C. The van der Waals surface area contributed by atoms with Crippen molar-refractivity contribution in [1.29, 1.82) is 0 Å². The quantitative estimate of drug-likeness (QED) is 0.878. The number of nitrogens with zero attached hydrogens (tertiary/aromatic N) is 1. The van der Waals surface area contributed by atoms with Crippen molar-refractivity contribution in [3.05, 3.63) is 49.6 Å². The van der Waals surface area contributed by atoms with Gasteiger partial charge in [-0.15, -0.1) is 11.3 Å². The van der Waals surface area contributed by atoms with Crippen molar-refractivity contribution in [1.82, 2.24) is 15.5 Å². The van der Waals surface area contributed by atoms with E-state index in [0.717, 1.165) is 4.88 Å². The molecular formula is C12H13N3O2S. The molecule has 18 heavy (non-hydrogen) atoms. The van der Waals surface area contributed by atoms with Crippen LogP contribution in [0.3, 0.4) is 0 Å². The molecule has 0 saturated carbocycles. The molecule has 0 aliphatic rings. The van der Waals surface area contributed by atoms with Crippen LogP contribution in [0.25, 0.3) is 0 Å². The number of nitrogens with one attached hydrogen (secondary N) is 2. The van der Waals surface area contributed by atoms with Gasteiger partial charge in [-0.1, -0.05) is 0 Å². The van der Waals surface area contributed by atoms with Gasteiger partial charge in [0.15, 0.2) is 0 Å². The standard InChI is InChI=1S/C12H13N3O2S/c1-7-5-9(18-8(7)2)6-13-12(17)10-3-4-11(16)15-14-10/h3-5H,6H2,1-2H3,(H,13,17)(H,15,16). The number of aromatic amines is 1. The number of hydrogen-bond acceptors (Lipinski definition) is 4. The largest absolute Gasteiger partial charge is 0.346 e. The summed E-state index contributed by atoms with van der Waals surface area (Å²) >= 11 is 1.66. The number of carbonyl (C=O) groups excluding carboxylic acids is 1. The van der Waals surface area contributed by atoms with Crippen LogP contribution in [0.5, 0.6) is 0 Å². The van der Waals surface area contributed by atoms with E-state index in [1.54, 1.807) is 11.3 Å². The number of aromatic nitrogens is 2. The molecule has 2 aromatic heterocycles. The molecule has 0 atom stereocenters. The van der Waals surface area contributed by atoms with Gasteiger partial charge in [-0.25, -0.2) is 5.10 Å². The van der Waals surface area contributed by atoms with Crippen molar-refractivity contribution < 1.29 is 4.79 Å². The third kappa shape index (κ3) is 2.84. The lowest BCUT2D eigenvalue weighted by Crippen LogP contribution is -2.24. The van der Waals surface area contributed by atoms with Gasteiger partial charge in [-0.05, 0) is 31.5 Å². The molecular weight excluding hydrogens is 250 g/mol. The number of thiophene rings is 1. The highest BCUT2D eigenvalue weighted by atomic mass is 32.1. The smallest absolute Gasteiger partial charge is 0.272 e. The minimum atomic E-state index is -0.323. The molecule has 0 fully saturated rings. The molecule has 0 aromatic carbocycles. The Morgan fingerprint density at radius 1 is 1.44 bits per heavy atom. The van der Waals surface area contributed by atoms with Crippen molar-refractivity contribution in [2.24, 2.45) is 0 Å². The maximum atomic E-state index is 11.7. The third-order valence-corrected chi connectivity index (χ3v) is 3.70. The number of carbonyl (C=O) groups is 1. The first-order valence-electron chi connectivity index (χ1n) is 5.46. The highest BCUT2D eigenvalue weighted by Crippen LogP contribution is 2.20. The Balaban J connectivity index is 2.00. The lowest BCUT2D eigenvalue weighted by molar-refractivity contribution is 0.0945. The first-order valence-corrected chi connectivity index (χ1v) is 6.28. The van der Waals surface area contributed by atoms with Crippen molar-refractivity contribution in [3.8, 4) is 0 Å². The first kappa shape index (κ1) is 12.5. The van der Waals surface area contributed by atoms with E-state index in [1.807, 2.05) is 6.92 Å². The number of aryl methyl sites for hydroxylation is 2. The van der Waals surface area contributed by atoms with Crippen LogP contribution in [0.1, 0.15) is 25.8 Å². The molecule has 0 aliphatic heterocycles. The third-order valence-electron chi connectivity index (χ3n) is 2.55. The van der Waals surface area contributed by atoms with Gasteiger partial charge >= 0.3 is 0 Å². The molecule has 2 aromatic rings. The van der Waals surface area contributed by atoms with Gasteiger partial charge < -0.3 is 5.32 Å². The van der Waals surface area contributed by atoms with Crippen LogP contribution in [0.15, 0.2) is 23.0 Å². The van der Waals surface area contributed by atoms with Gasteiger partial charge in [-0.3, -0.25) is 9.59 Å². The van der Waals surface area contributed by atoms with E-state index in [9.17, 15) is 9.59 Å². The molecule has 0 unspecified atom stereocenters. The molecule has 0 bridgehead atoms. The second-order valence-electron chi connectivity index (χ2n) is 3.94. The molecule has 0 saturated heterocycles. The minimum absolute atomic E-state index is 0.208. The zero-order valence-corrected chi connectivity index (χ0v) is 10.9. The zero-order chi connectivity index (χ0) is 13.1. The summed E-state index contributed by atoms with van der Waals surface area (Å²) in [6.07, 6.45) is 0. The van der Waals surface area contributed by atoms with Crippen LogP contribution < -0.4 is 10.9 Å². The normalized spacial score (nSPS) is 10.3. The molecule has 94 valence electrons. The summed E-state index contributed by atoms with van der Waals surface area (Å²) < 4.78 is 0. The van der Waals surface area contributed by atoms with E-state index < -0.39 is 0 Å². The number of amides is 1. The van der Waals surface area contributed by atoms with Gasteiger partial charge in [0.1, 0.15) is 5.69 Å². The van der Waals surface area contributed by atoms with Crippen LogP contribution in [0, 0.1) is 13.8 Å². The second kappa shape index (κ2) is 5.14. The van der Waals surface area contributed by atoms with Crippen molar-refractivity contribution in [2.45, 2.75) is 20.4 Å². The molecule has 0 spiro atoms. The maximum Gasteiger partial charge on any atom is 0.272 e. The fourth-order valence-corrected chi connectivity index (χ4v) is 2.46. The van der Waals surface area contributed by atoms with E-state index in [0.29, 0.717) is 6.54 Å². The maximum absolute atomic E-state index is 11.7. The molecule has 6 heteroatoms. The van der Waals surface area contributed by atoms with E-state index in [2.05, 4.69) is 28.5 Å².